The summed E-state index contributed by atoms with van der Waals surface area (Å²) in [4.78, 5) is 14.7. The molecule has 0 spiro atoms. The van der Waals surface area contributed by atoms with Crippen molar-refractivity contribution in [3.63, 3.8) is 0 Å². The molecule has 0 amide bonds. The van der Waals surface area contributed by atoms with Gasteiger partial charge in [0, 0.05) is 18.3 Å². The first-order valence-corrected chi connectivity index (χ1v) is 8.50. The van der Waals surface area contributed by atoms with Crippen molar-refractivity contribution >= 4 is 17.6 Å². The molecule has 140 valence electrons. The first kappa shape index (κ1) is 21.0. The van der Waals surface area contributed by atoms with Crippen LogP contribution < -0.4 is 0 Å². The Morgan fingerprint density at radius 1 is 0.893 bits per heavy atom. The van der Waals surface area contributed by atoms with Crippen molar-refractivity contribution < 1.29 is 22.0 Å². The van der Waals surface area contributed by atoms with Crippen LogP contribution in [0.15, 0.2) is 108 Å². The Balaban J connectivity index is 0.000000408. The molecule has 0 fully saturated rings. The van der Waals surface area contributed by atoms with Gasteiger partial charge in [0.15, 0.2) is 0 Å². The molecule has 4 aromatic rings. The molecule has 5 heteroatoms. The van der Waals surface area contributed by atoms with Gasteiger partial charge >= 0.3 is 17.1 Å². The van der Waals surface area contributed by atoms with Gasteiger partial charge in [0.1, 0.15) is 0 Å². The summed E-state index contributed by atoms with van der Waals surface area (Å²) >= 11 is 0. The second-order valence-corrected chi connectivity index (χ2v) is 5.79. The maximum Gasteiger partial charge on any atom is 2.00 e. The molecule has 0 aliphatic rings. The van der Waals surface area contributed by atoms with Crippen molar-refractivity contribution in [1.82, 2.24) is 0 Å². The summed E-state index contributed by atoms with van der Waals surface area (Å²) in [5, 5.41) is 10.7. The maximum atomic E-state index is 10.7. The third kappa shape index (κ3) is 6.16. The average molecular weight is 410 g/mol. The smallest absolute Gasteiger partial charge is 0.258 e. The number of non-ortho nitro benzene ring substituents is 1. The first-order valence-electron chi connectivity index (χ1n) is 8.50. The number of aliphatic imine (C=N–C) groups is 1. The van der Waals surface area contributed by atoms with E-state index < -0.39 is 4.92 Å². The summed E-state index contributed by atoms with van der Waals surface area (Å²) in [6, 6.07) is 32.4. The number of nitro groups is 1. The van der Waals surface area contributed by atoms with Crippen LogP contribution in [0.25, 0.3) is 11.1 Å². The zero-order valence-corrected chi connectivity index (χ0v) is 16.1. The van der Waals surface area contributed by atoms with E-state index in [2.05, 4.69) is 17.1 Å². The standard InChI is InChI=1S/C18H13N2O2.C5H5.Fe/c21-20(22)18-7-3-4-14(12-18)13-19-17-10-8-16(9-11-17)15-5-1-2-6-15;1-2-4-5-3-1;/h1-13H;1-5H;/q2*-1;+2. The summed E-state index contributed by atoms with van der Waals surface area (Å²) in [5.41, 5.74) is 3.89. The Hall–Kier alpha value is -3.27. The van der Waals surface area contributed by atoms with E-state index in [9.17, 15) is 10.1 Å². The molecule has 0 heterocycles. The van der Waals surface area contributed by atoms with Crippen molar-refractivity contribution in [1.29, 1.82) is 0 Å². The van der Waals surface area contributed by atoms with Crippen LogP contribution in [0.2, 0.25) is 0 Å². The van der Waals surface area contributed by atoms with Gasteiger partial charge in [-0.2, -0.15) is 42.0 Å². The summed E-state index contributed by atoms with van der Waals surface area (Å²) in [7, 11) is 0. The van der Waals surface area contributed by atoms with E-state index in [4.69, 9.17) is 0 Å². The quantitative estimate of drug-likeness (QED) is 0.134. The van der Waals surface area contributed by atoms with Crippen molar-refractivity contribution in [2.75, 3.05) is 0 Å². The van der Waals surface area contributed by atoms with E-state index in [-0.39, 0.29) is 22.8 Å². The molecule has 0 saturated carbocycles. The predicted octanol–water partition coefficient (Wildman–Crippen LogP) is 6.13. The minimum absolute atomic E-state index is 0. The van der Waals surface area contributed by atoms with Crippen LogP contribution >= 0.6 is 0 Å². The Bertz CT molecular complexity index is 972. The topological polar surface area (TPSA) is 55.5 Å². The fraction of sp³-hybridized carbons (Fsp3) is 0. The number of benzene rings is 2. The minimum Gasteiger partial charge on any atom is -0.258 e. The molecule has 0 bridgehead atoms. The Morgan fingerprint density at radius 3 is 2.21 bits per heavy atom. The van der Waals surface area contributed by atoms with Gasteiger partial charge in [-0.25, -0.2) is 12.1 Å². The fourth-order valence-corrected chi connectivity index (χ4v) is 2.49. The van der Waals surface area contributed by atoms with Crippen molar-refractivity contribution in [3.05, 3.63) is 119 Å². The molecule has 0 saturated heterocycles. The van der Waals surface area contributed by atoms with Gasteiger partial charge in [0.2, 0.25) is 0 Å². The number of nitro benzene ring substituents is 1. The Kier molecular flexibility index (Phi) is 8.10. The van der Waals surface area contributed by atoms with Gasteiger partial charge in [-0.3, -0.25) is 15.1 Å². The van der Waals surface area contributed by atoms with E-state index in [0.717, 1.165) is 11.3 Å². The fourth-order valence-electron chi connectivity index (χ4n) is 2.49. The normalized spacial score (nSPS) is 10.0. The van der Waals surface area contributed by atoms with Crippen molar-refractivity contribution in [2.45, 2.75) is 0 Å². The monoisotopic (exact) mass is 410 g/mol. The number of rotatable bonds is 4. The molecular weight excluding hydrogens is 392 g/mol. The Morgan fingerprint density at radius 2 is 1.64 bits per heavy atom. The number of hydrogen-bond acceptors (Lipinski definition) is 3. The molecule has 28 heavy (non-hydrogen) atoms. The molecule has 4 aromatic carbocycles. The molecular formula is C23H18FeN2O2. The molecule has 0 radical (unpaired) electrons. The third-order valence-electron chi connectivity index (χ3n) is 3.86. The molecule has 0 N–H and O–H groups in total. The Labute approximate surface area is 174 Å². The van der Waals surface area contributed by atoms with Crippen LogP contribution in [0.3, 0.4) is 0 Å². The first-order chi connectivity index (χ1) is 13.2. The van der Waals surface area contributed by atoms with Gasteiger partial charge in [-0.15, -0.1) is 6.07 Å². The molecule has 4 rings (SSSR count). The van der Waals surface area contributed by atoms with Crippen LogP contribution in [0.5, 0.6) is 0 Å². The molecule has 0 unspecified atom stereocenters. The van der Waals surface area contributed by atoms with Gasteiger partial charge < -0.3 is 0 Å². The molecule has 0 aliphatic heterocycles. The van der Waals surface area contributed by atoms with E-state index in [1.807, 2.05) is 66.7 Å². The van der Waals surface area contributed by atoms with Gasteiger partial charge in [-0.1, -0.05) is 29.8 Å². The van der Waals surface area contributed by atoms with Gasteiger partial charge in [0.25, 0.3) is 5.69 Å². The average Bonchev–Trinajstić information content (AvgIpc) is 3.43. The van der Waals surface area contributed by atoms with E-state index in [0.29, 0.717) is 5.56 Å². The van der Waals surface area contributed by atoms with E-state index >= 15 is 0 Å². The largest absolute Gasteiger partial charge is 2.00 e. The van der Waals surface area contributed by atoms with Crippen molar-refractivity contribution in [3.8, 4) is 11.1 Å². The number of hydrogen-bond donors (Lipinski definition) is 0. The zero-order chi connectivity index (χ0) is 18.9. The SMILES string of the molecule is O=[N+]([O-])c1cccc(C=Nc2ccc(-c3ccc[cH-]3)cc2)c1.[Fe+2].c1cc[cH-]c1. The van der Waals surface area contributed by atoms with Crippen LogP contribution in [-0.4, -0.2) is 11.1 Å². The van der Waals surface area contributed by atoms with Gasteiger partial charge in [0.05, 0.1) is 10.6 Å². The maximum absolute atomic E-state index is 10.7. The van der Waals surface area contributed by atoms with Crippen LogP contribution in [-0.2, 0) is 17.1 Å². The summed E-state index contributed by atoms with van der Waals surface area (Å²) in [6.07, 6.45) is 1.63. The van der Waals surface area contributed by atoms with Gasteiger partial charge in [-0.05, 0) is 17.7 Å². The summed E-state index contributed by atoms with van der Waals surface area (Å²) < 4.78 is 0. The second-order valence-electron chi connectivity index (χ2n) is 5.79. The molecule has 4 nitrogen and oxygen atoms in total. The third-order valence-corrected chi connectivity index (χ3v) is 3.86. The zero-order valence-electron chi connectivity index (χ0n) is 15.0. The minimum atomic E-state index is -0.411. The molecule has 0 aliphatic carbocycles. The predicted molar refractivity (Wildman–Crippen MR) is 110 cm³/mol. The molecule has 0 atom stereocenters. The summed E-state index contributed by atoms with van der Waals surface area (Å²) in [5.74, 6) is 0. The van der Waals surface area contributed by atoms with E-state index in [1.165, 1.54) is 17.7 Å². The number of nitrogens with zero attached hydrogens (tertiary/aromatic N) is 2. The van der Waals surface area contributed by atoms with Crippen LogP contribution in [0.1, 0.15) is 5.56 Å². The molecule has 0 aromatic heterocycles. The van der Waals surface area contributed by atoms with Crippen LogP contribution in [0, 0.1) is 10.1 Å². The summed E-state index contributed by atoms with van der Waals surface area (Å²) in [6.45, 7) is 0. The van der Waals surface area contributed by atoms with E-state index in [1.54, 1.807) is 18.3 Å². The van der Waals surface area contributed by atoms with Crippen molar-refractivity contribution in [2.24, 2.45) is 4.99 Å². The second kappa shape index (κ2) is 10.8. The van der Waals surface area contributed by atoms with Crippen LogP contribution in [0.4, 0.5) is 11.4 Å².